The third-order valence-corrected chi connectivity index (χ3v) is 3.96. The van der Waals surface area contributed by atoms with Gasteiger partial charge in [0.1, 0.15) is 0 Å². The van der Waals surface area contributed by atoms with E-state index in [1.165, 1.54) is 5.56 Å². The summed E-state index contributed by atoms with van der Waals surface area (Å²) in [4.78, 5) is 0. The van der Waals surface area contributed by atoms with Gasteiger partial charge in [0.25, 0.3) is 0 Å². The predicted molar refractivity (Wildman–Crippen MR) is 84.6 cm³/mol. The molecule has 114 valence electrons. The van der Waals surface area contributed by atoms with Crippen LogP contribution >= 0.6 is 11.6 Å². The first-order chi connectivity index (χ1) is 9.70. The van der Waals surface area contributed by atoms with Gasteiger partial charge in [0.05, 0.1) is 6.61 Å². The van der Waals surface area contributed by atoms with Crippen LogP contribution in [0, 0.1) is 5.92 Å². The summed E-state index contributed by atoms with van der Waals surface area (Å²) in [7, 11) is 3.46. The second-order valence-corrected chi connectivity index (χ2v) is 5.49. The molecule has 4 heteroatoms. The van der Waals surface area contributed by atoms with Crippen molar-refractivity contribution in [3.63, 3.8) is 0 Å². The van der Waals surface area contributed by atoms with Crippen LogP contribution in [0.2, 0.25) is 5.02 Å². The Labute approximate surface area is 127 Å². The van der Waals surface area contributed by atoms with Gasteiger partial charge in [-0.15, -0.1) is 0 Å². The number of halogens is 1. The van der Waals surface area contributed by atoms with Gasteiger partial charge in [-0.2, -0.15) is 0 Å². The molecule has 1 aromatic carbocycles. The van der Waals surface area contributed by atoms with E-state index in [-0.39, 0.29) is 0 Å². The van der Waals surface area contributed by atoms with Crippen molar-refractivity contribution in [3.05, 3.63) is 34.9 Å². The van der Waals surface area contributed by atoms with Crippen LogP contribution in [-0.4, -0.2) is 40.5 Å². The molecule has 20 heavy (non-hydrogen) atoms. The maximum absolute atomic E-state index is 6.35. The van der Waals surface area contributed by atoms with Crippen molar-refractivity contribution in [1.82, 2.24) is 5.32 Å². The first-order valence-electron chi connectivity index (χ1n) is 7.13. The molecule has 0 aromatic heterocycles. The highest BCUT2D eigenvalue weighted by Crippen LogP contribution is 2.31. The topological polar surface area (TPSA) is 30.5 Å². The van der Waals surface area contributed by atoms with E-state index < -0.39 is 0 Å². The molecule has 1 N–H and O–H groups in total. The molecular formula is C16H26ClNO2. The second kappa shape index (κ2) is 10.2. The molecule has 0 fully saturated rings. The van der Waals surface area contributed by atoms with E-state index in [9.17, 15) is 0 Å². The fourth-order valence-electron chi connectivity index (χ4n) is 2.33. The van der Waals surface area contributed by atoms with E-state index >= 15 is 0 Å². The summed E-state index contributed by atoms with van der Waals surface area (Å²) in [5.41, 5.74) is 1.21. The van der Waals surface area contributed by atoms with Crippen LogP contribution < -0.4 is 5.32 Å². The molecule has 0 bridgehead atoms. The molecule has 0 saturated heterocycles. The summed E-state index contributed by atoms with van der Waals surface area (Å²) in [6.07, 6.45) is 1.03. The highest BCUT2D eigenvalue weighted by molar-refractivity contribution is 6.31. The largest absolute Gasteiger partial charge is 0.385 e. The summed E-state index contributed by atoms with van der Waals surface area (Å²) >= 11 is 6.35. The van der Waals surface area contributed by atoms with Crippen molar-refractivity contribution in [3.8, 4) is 0 Å². The number of nitrogens with one attached hydrogen (secondary N) is 1. The molecule has 0 saturated carbocycles. The Bertz CT molecular complexity index is 373. The van der Waals surface area contributed by atoms with Gasteiger partial charge in [-0.3, -0.25) is 0 Å². The maximum atomic E-state index is 6.35. The van der Waals surface area contributed by atoms with Gasteiger partial charge >= 0.3 is 0 Å². The Kier molecular flexibility index (Phi) is 8.86. The van der Waals surface area contributed by atoms with E-state index in [1.807, 2.05) is 18.2 Å². The molecule has 2 unspecified atom stereocenters. The van der Waals surface area contributed by atoms with E-state index in [4.69, 9.17) is 21.1 Å². The maximum Gasteiger partial charge on any atom is 0.0587 e. The molecule has 0 radical (unpaired) electrons. The Hall–Kier alpha value is -0.610. The van der Waals surface area contributed by atoms with Gasteiger partial charge in [0.15, 0.2) is 0 Å². The van der Waals surface area contributed by atoms with Crippen LogP contribution in [0.4, 0.5) is 0 Å². The van der Waals surface area contributed by atoms with E-state index in [2.05, 4.69) is 18.3 Å². The third kappa shape index (κ3) is 5.80. The first-order valence-corrected chi connectivity index (χ1v) is 7.51. The Morgan fingerprint density at radius 2 is 1.85 bits per heavy atom. The lowest BCUT2D eigenvalue weighted by atomic mass is 9.85. The summed E-state index contributed by atoms with van der Waals surface area (Å²) in [6.45, 7) is 5.51. The Morgan fingerprint density at radius 3 is 2.50 bits per heavy atom. The molecule has 3 nitrogen and oxygen atoms in total. The summed E-state index contributed by atoms with van der Waals surface area (Å²) in [5.74, 6) is 0.889. The van der Waals surface area contributed by atoms with Crippen LogP contribution in [-0.2, 0) is 9.47 Å². The molecule has 2 atom stereocenters. The summed E-state index contributed by atoms with van der Waals surface area (Å²) < 4.78 is 10.3. The van der Waals surface area contributed by atoms with Crippen molar-refractivity contribution >= 4 is 11.6 Å². The van der Waals surface area contributed by atoms with Crippen molar-refractivity contribution in [1.29, 1.82) is 0 Å². The highest BCUT2D eigenvalue weighted by Gasteiger charge is 2.20. The van der Waals surface area contributed by atoms with Gasteiger partial charge in [0.2, 0.25) is 0 Å². The zero-order valence-electron chi connectivity index (χ0n) is 12.7. The normalized spacial score (nSPS) is 14.2. The molecule has 0 heterocycles. The summed E-state index contributed by atoms with van der Waals surface area (Å²) in [6, 6.07) is 8.10. The smallest absolute Gasteiger partial charge is 0.0587 e. The zero-order chi connectivity index (χ0) is 14.8. The van der Waals surface area contributed by atoms with Gasteiger partial charge in [-0.1, -0.05) is 36.7 Å². The minimum absolute atomic E-state index is 0.385. The fourth-order valence-corrected chi connectivity index (χ4v) is 2.61. The Balaban J connectivity index is 2.70. The SMILES string of the molecule is COCCNCC(c1ccccc1Cl)C(C)CCOC. The molecule has 0 aliphatic rings. The van der Waals surface area contributed by atoms with Crippen LogP contribution in [0.1, 0.15) is 24.8 Å². The second-order valence-electron chi connectivity index (χ2n) is 5.08. The fraction of sp³-hybridized carbons (Fsp3) is 0.625. The van der Waals surface area contributed by atoms with Gasteiger partial charge in [-0.25, -0.2) is 0 Å². The van der Waals surface area contributed by atoms with Gasteiger partial charge in [-0.05, 0) is 24.0 Å². The zero-order valence-corrected chi connectivity index (χ0v) is 13.5. The van der Waals surface area contributed by atoms with Crippen LogP contribution in [0.5, 0.6) is 0 Å². The third-order valence-electron chi connectivity index (χ3n) is 3.62. The number of hydrogen-bond acceptors (Lipinski definition) is 3. The van der Waals surface area contributed by atoms with E-state index in [0.29, 0.717) is 11.8 Å². The minimum Gasteiger partial charge on any atom is -0.385 e. The van der Waals surface area contributed by atoms with E-state index in [1.54, 1.807) is 14.2 Å². The lowest BCUT2D eigenvalue weighted by Crippen LogP contribution is -2.29. The van der Waals surface area contributed by atoms with Crippen LogP contribution in [0.15, 0.2) is 24.3 Å². The predicted octanol–water partition coefficient (Wildman–Crippen LogP) is 3.33. The van der Waals surface area contributed by atoms with Crippen molar-refractivity contribution in [2.75, 3.05) is 40.5 Å². The standard InChI is InChI=1S/C16H26ClNO2/c1-13(8-10-19-2)15(12-18-9-11-20-3)14-6-4-5-7-16(14)17/h4-7,13,15,18H,8-12H2,1-3H3. The number of methoxy groups -OCH3 is 2. The monoisotopic (exact) mass is 299 g/mol. The molecule has 0 aliphatic carbocycles. The van der Waals surface area contributed by atoms with Crippen LogP contribution in [0.3, 0.4) is 0 Å². The quantitative estimate of drug-likeness (QED) is 0.672. The van der Waals surface area contributed by atoms with Gasteiger partial charge in [0, 0.05) is 44.9 Å². The first kappa shape index (κ1) is 17.4. The average Bonchev–Trinajstić information content (AvgIpc) is 2.46. The summed E-state index contributed by atoms with van der Waals surface area (Å²) in [5, 5.41) is 4.29. The average molecular weight is 300 g/mol. The lowest BCUT2D eigenvalue weighted by molar-refractivity contribution is 0.172. The molecular weight excluding hydrogens is 274 g/mol. The Morgan fingerprint density at radius 1 is 1.15 bits per heavy atom. The molecule has 1 rings (SSSR count). The minimum atomic E-state index is 0.385. The highest BCUT2D eigenvalue weighted by atomic mass is 35.5. The van der Waals surface area contributed by atoms with Gasteiger partial charge < -0.3 is 14.8 Å². The molecule has 0 aliphatic heterocycles. The van der Waals surface area contributed by atoms with Crippen molar-refractivity contribution < 1.29 is 9.47 Å². The van der Waals surface area contributed by atoms with Crippen molar-refractivity contribution in [2.45, 2.75) is 19.3 Å². The van der Waals surface area contributed by atoms with E-state index in [0.717, 1.165) is 37.7 Å². The number of hydrogen-bond donors (Lipinski definition) is 1. The number of rotatable bonds is 10. The molecule has 0 amide bonds. The number of benzene rings is 1. The molecule has 1 aromatic rings. The lowest BCUT2D eigenvalue weighted by Gasteiger charge is -2.25. The van der Waals surface area contributed by atoms with Crippen molar-refractivity contribution in [2.24, 2.45) is 5.92 Å². The number of ether oxygens (including phenoxy) is 2. The molecule has 0 spiro atoms. The van der Waals surface area contributed by atoms with Crippen LogP contribution in [0.25, 0.3) is 0 Å².